The van der Waals surface area contributed by atoms with E-state index >= 15 is 0 Å². The van der Waals surface area contributed by atoms with Crippen molar-refractivity contribution in [2.75, 3.05) is 6.61 Å². The fourth-order valence-corrected chi connectivity index (χ4v) is 3.19. The second kappa shape index (κ2) is 9.51. The third-order valence-electron chi connectivity index (χ3n) is 4.49. The standard InChI is InChI=1S/C21H23ClN2O3/c1-2-26-21(25)12-15-6-8-16(9-7-15)19-4-3-5-20(24-19)27-14-18-11-10-17(22)13-23-18/h3-5,8,10-11,13,15H,2,6-7,9,12,14H2,1H3. The van der Waals surface area contributed by atoms with Gasteiger partial charge in [0.15, 0.2) is 0 Å². The predicted octanol–water partition coefficient (Wildman–Crippen LogP) is 4.85. The van der Waals surface area contributed by atoms with Crippen LogP contribution in [0.25, 0.3) is 5.57 Å². The number of carbonyl (C=O) groups is 1. The molecule has 1 aliphatic rings. The highest BCUT2D eigenvalue weighted by atomic mass is 35.5. The Morgan fingerprint density at radius 2 is 2.19 bits per heavy atom. The zero-order valence-electron chi connectivity index (χ0n) is 15.4. The van der Waals surface area contributed by atoms with Gasteiger partial charge in [-0.3, -0.25) is 9.78 Å². The van der Waals surface area contributed by atoms with Gasteiger partial charge in [-0.05, 0) is 55.9 Å². The zero-order valence-corrected chi connectivity index (χ0v) is 16.1. The fraction of sp³-hybridized carbons (Fsp3) is 0.381. The van der Waals surface area contributed by atoms with E-state index in [-0.39, 0.29) is 5.97 Å². The highest BCUT2D eigenvalue weighted by Gasteiger charge is 2.19. The molecule has 0 N–H and O–H groups in total. The van der Waals surface area contributed by atoms with E-state index in [1.54, 1.807) is 12.3 Å². The maximum atomic E-state index is 11.6. The molecule has 1 atom stereocenters. The Labute approximate surface area is 164 Å². The van der Waals surface area contributed by atoms with Crippen LogP contribution in [0.5, 0.6) is 5.88 Å². The van der Waals surface area contributed by atoms with Crippen LogP contribution in [0.4, 0.5) is 0 Å². The van der Waals surface area contributed by atoms with Crippen LogP contribution in [-0.4, -0.2) is 22.5 Å². The molecule has 1 unspecified atom stereocenters. The van der Waals surface area contributed by atoms with Crippen molar-refractivity contribution in [2.24, 2.45) is 5.92 Å². The molecule has 0 aliphatic heterocycles. The zero-order chi connectivity index (χ0) is 19.1. The molecular formula is C21H23ClN2O3. The van der Waals surface area contributed by atoms with E-state index in [1.807, 2.05) is 31.2 Å². The lowest BCUT2D eigenvalue weighted by molar-refractivity contribution is -0.144. The number of hydrogen-bond donors (Lipinski definition) is 0. The molecule has 142 valence electrons. The van der Waals surface area contributed by atoms with Gasteiger partial charge in [-0.2, -0.15) is 0 Å². The van der Waals surface area contributed by atoms with Crippen LogP contribution < -0.4 is 4.74 Å². The molecule has 0 aromatic carbocycles. The Kier molecular flexibility index (Phi) is 6.82. The number of halogens is 1. The molecule has 2 aromatic rings. The number of esters is 1. The van der Waals surface area contributed by atoms with E-state index in [2.05, 4.69) is 16.0 Å². The highest BCUT2D eigenvalue weighted by molar-refractivity contribution is 6.30. The van der Waals surface area contributed by atoms with Crippen LogP contribution in [-0.2, 0) is 16.1 Å². The summed E-state index contributed by atoms with van der Waals surface area (Å²) in [5, 5.41) is 0.601. The van der Waals surface area contributed by atoms with E-state index in [9.17, 15) is 4.79 Å². The predicted molar refractivity (Wildman–Crippen MR) is 104 cm³/mol. The van der Waals surface area contributed by atoms with Crippen LogP contribution in [0.2, 0.25) is 5.02 Å². The first-order chi connectivity index (χ1) is 13.1. The molecule has 0 saturated heterocycles. The van der Waals surface area contributed by atoms with Gasteiger partial charge < -0.3 is 9.47 Å². The van der Waals surface area contributed by atoms with Crippen molar-refractivity contribution >= 4 is 23.1 Å². The molecule has 2 heterocycles. The molecule has 0 amide bonds. The highest BCUT2D eigenvalue weighted by Crippen LogP contribution is 2.31. The first-order valence-electron chi connectivity index (χ1n) is 9.19. The minimum Gasteiger partial charge on any atom is -0.471 e. The van der Waals surface area contributed by atoms with Crippen LogP contribution in [0.1, 0.15) is 44.0 Å². The van der Waals surface area contributed by atoms with Gasteiger partial charge in [0.25, 0.3) is 0 Å². The Morgan fingerprint density at radius 3 is 2.89 bits per heavy atom. The molecule has 2 aromatic heterocycles. The van der Waals surface area contributed by atoms with E-state index in [1.165, 1.54) is 5.57 Å². The average Bonchev–Trinajstić information content (AvgIpc) is 2.68. The Hall–Kier alpha value is -2.40. The second-order valence-electron chi connectivity index (χ2n) is 6.50. The molecule has 5 nitrogen and oxygen atoms in total. The summed E-state index contributed by atoms with van der Waals surface area (Å²) in [5.74, 6) is 0.811. The third-order valence-corrected chi connectivity index (χ3v) is 4.71. The van der Waals surface area contributed by atoms with E-state index < -0.39 is 0 Å². The van der Waals surface area contributed by atoms with Gasteiger partial charge in [-0.1, -0.05) is 23.7 Å². The first kappa shape index (κ1) is 19.4. The minimum atomic E-state index is -0.108. The third kappa shape index (κ3) is 5.79. The molecule has 0 saturated carbocycles. The maximum absolute atomic E-state index is 11.6. The number of rotatable bonds is 7. The lowest BCUT2D eigenvalue weighted by atomic mass is 9.86. The summed E-state index contributed by atoms with van der Waals surface area (Å²) in [6.07, 6.45) is 7.01. The van der Waals surface area contributed by atoms with E-state index in [0.29, 0.717) is 36.5 Å². The monoisotopic (exact) mass is 386 g/mol. The molecule has 0 bridgehead atoms. The van der Waals surface area contributed by atoms with Crippen molar-refractivity contribution in [3.05, 3.63) is 59.0 Å². The van der Waals surface area contributed by atoms with Crippen LogP contribution in [0.3, 0.4) is 0 Å². The summed E-state index contributed by atoms with van der Waals surface area (Å²) >= 11 is 5.84. The lowest BCUT2D eigenvalue weighted by Gasteiger charge is -2.21. The molecule has 3 rings (SSSR count). The summed E-state index contributed by atoms with van der Waals surface area (Å²) in [6, 6.07) is 9.39. The summed E-state index contributed by atoms with van der Waals surface area (Å²) in [6.45, 7) is 2.61. The number of pyridine rings is 2. The molecule has 0 spiro atoms. The lowest BCUT2D eigenvalue weighted by Crippen LogP contribution is -2.14. The van der Waals surface area contributed by atoms with Gasteiger partial charge >= 0.3 is 5.97 Å². The van der Waals surface area contributed by atoms with Crippen molar-refractivity contribution in [1.29, 1.82) is 0 Å². The van der Waals surface area contributed by atoms with Gasteiger partial charge in [0.2, 0.25) is 5.88 Å². The summed E-state index contributed by atoms with van der Waals surface area (Å²) in [7, 11) is 0. The molecule has 6 heteroatoms. The maximum Gasteiger partial charge on any atom is 0.306 e. The largest absolute Gasteiger partial charge is 0.471 e. The van der Waals surface area contributed by atoms with Gasteiger partial charge in [-0.25, -0.2) is 4.98 Å². The van der Waals surface area contributed by atoms with Crippen molar-refractivity contribution in [1.82, 2.24) is 9.97 Å². The van der Waals surface area contributed by atoms with Gasteiger partial charge in [0, 0.05) is 18.7 Å². The normalized spacial score (nSPS) is 16.5. The molecular weight excluding hydrogens is 364 g/mol. The van der Waals surface area contributed by atoms with E-state index in [0.717, 1.165) is 30.7 Å². The van der Waals surface area contributed by atoms with Gasteiger partial charge in [0.1, 0.15) is 6.61 Å². The number of hydrogen-bond acceptors (Lipinski definition) is 5. The Balaban J connectivity index is 1.58. The molecule has 27 heavy (non-hydrogen) atoms. The van der Waals surface area contributed by atoms with Crippen molar-refractivity contribution in [3.8, 4) is 5.88 Å². The number of ether oxygens (including phenoxy) is 2. The summed E-state index contributed by atoms with van der Waals surface area (Å²) in [5.41, 5.74) is 2.92. The fourth-order valence-electron chi connectivity index (χ4n) is 3.08. The SMILES string of the molecule is CCOC(=O)CC1CC=C(c2cccc(OCc3ccc(Cl)cn3)n2)CC1. The summed E-state index contributed by atoms with van der Waals surface area (Å²) in [4.78, 5) is 20.5. The smallest absolute Gasteiger partial charge is 0.306 e. The number of allylic oxidation sites excluding steroid dienone is 2. The Bertz CT molecular complexity index is 805. The van der Waals surface area contributed by atoms with Crippen LogP contribution in [0.15, 0.2) is 42.6 Å². The van der Waals surface area contributed by atoms with Gasteiger partial charge in [-0.15, -0.1) is 0 Å². The summed E-state index contributed by atoms with van der Waals surface area (Å²) < 4.78 is 10.8. The van der Waals surface area contributed by atoms with Crippen LogP contribution in [0, 0.1) is 5.92 Å². The number of aromatic nitrogens is 2. The molecule has 0 fully saturated rings. The number of nitrogens with zero attached hydrogens (tertiary/aromatic N) is 2. The van der Waals surface area contributed by atoms with Crippen molar-refractivity contribution < 1.29 is 14.3 Å². The average molecular weight is 387 g/mol. The minimum absolute atomic E-state index is 0.108. The van der Waals surface area contributed by atoms with E-state index in [4.69, 9.17) is 21.1 Å². The van der Waals surface area contributed by atoms with Crippen LogP contribution >= 0.6 is 11.6 Å². The molecule has 1 aliphatic carbocycles. The quantitative estimate of drug-likeness (QED) is 0.637. The topological polar surface area (TPSA) is 61.3 Å². The molecule has 0 radical (unpaired) electrons. The first-order valence-corrected chi connectivity index (χ1v) is 9.57. The Morgan fingerprint density at radius 1 is 1.30 bits per heavy atom. The van der Waals surface area contributed by atoms with Crippen molar-refractivity contribution in [2.45, 2.75) is 39.2 Å². The van der Waals surface area contributed by atoms with Crippen molar-refractivity contribution in [3.63, 3.8) is 0 Å². The second-order valence-corrected chi connectivity index (χ2v) is 6.93. The van der Waals surface area contributed by atoms with Gasteiger partial charge in [0.05, 0.1) is 23.0 Å². The number of carbonyl (C=O) groups excluding carboxylic acids is 1.